The summed E-state index contributed by atoms with van der Waals surface area (Å²) in [6.45, 7) is 9.07. The van der Waals surface area contributed by atoms with Crippen LogP contribution in [-0.2, 0) is 14.4 Å². The van der Waals surface area contributed by atoms with Gasteiger partial charge in [0.25, 0.3) is 0 Å². The number of aliphatic hydroxyl groups is 1. The third-order valence-corrected chi connectivity index (χ3v) is 4.14. The van der Waals surface area contributed by atoms with E-state index in [-0.39, 0.29) is 11.3 Å². The Bertz CT molecular complexity index is 618. The molecule has 1 atom stereocenters. The van der Waals surface area contributed by atoms with Crippen LogP contribution in [0.1, 0.15) is 32.3 Å². The van der Waals surface area contributed by atoms with E-state index < -0.39 is 16.2 Å². The molecule has 1 aromatic carbocycles. The van der Waals surface area contributed by atoms with Crippen molar-refractivity contribution in [2.45, 2.75) is 44.6 Å². The predicted molar refractivity (Wildman–Crippen MR) is 82.6 cm³/mol. The van der Waals surface area contributed by atoms with Crippen molar-refractivity contribution in [1.82, 2.24) is 0 Å². The van der Waals surface area contributed by atoms with Gasteiger partial charge in [-0.15, -0.1) is 0 Å². The van der Waals surface area contributed by atoms with Gasteiger partial charge in [0.1, 0.15) is 4.90 Å². The van der Waals surface area contributed by atoms with Crippen LogP contribution in [0.2, 0.25) is 0 Å². The summed E-state index contributed by atoms with van der Waals surface area (Å²) >= 11 is 0. The molecule has 5 nitrogen and oxygen atoms in total. The summed E-state index contributed by atoms with van der Waals surface area (Å²) in [6, 6.07) is 6.29. The highest BCUT2D eigenvalue weighted by Crippen LogP contribution is 2.14. The van der Waals surface area contributed by atoms with Crippen LogP contribution in [0.3, 0.4) is 0 Å². The van der Waals surface area contributed by atoms with Crippen LogP contribution in [0.4, 0.5) is 0 Å². The van der Waals surface area contributed by atoms with Crippen molar-refractivity contribution in [2.75, 3.05) is 0 Å². The summed E-state index contributed by atoms with van der Waals surface area (Å²) in [7, 11) is -3.93. The van der Waals surface area contributed by atoms with Gasteiger partial charge in [0, 0.05) is 6.42 Å². The van der Waals surface area contributed by atoms with E-state index in [1.807, 2.05) is 13.8 Å². The van der Waals surface area contributed by atoms with Gasteiger partial charge in [0.15, 0.2) is 0 Å². The maximum absolute atomic E-state index is 11.9. The molecule has 116 valence electrons. The molecule has 0 heterocycles. The van der Waals surface area contributed by atoms with Gasteiger partial charge in [-0.1, -0.05) is 36.4 Å². The van der Waals surface area contributed by atoms with Crippen molar-refractivity contribution in [3.8, 4) is 0 Å². The van der Waals surface area contributed by atoms with Gasteiger partial charge in [-0.2, -0.15) is 8.42 Å². The highest BCUT2D eigenvalue weighted by molar-refractivity contribution is 7.86. The normalized spacial score (nSPS) is 13.8. The smallest absolute Gasteiger partial charge is 0.358 e. The summed E-state index contributed by atoms with van der Waals surface area (Å²) in [5.74, 6) is 0. The number of hydrogen-bond acceptors (Lipinski definition) is 5. The summed E-state index contributed by atoms with van der Waals surface area (Å²) in [6.07, 6.45) is 0.0944. The van der Waals surface area contributed by atoms with Crippen LogP contribution in [-0.4, -0.2) is 25.3 Å². The maximum atomic E-state index is 11.9. The Kier molecular flexibility index (Phi) is 6.11. The molecule has 0 aromatic heterocycles. The molecule has 0 bridgehead atoms. The highest BCUT2D eigenvalue weighted by atomic mass is 32.2. The standard InChI is InChI=1S/C15H21NO4S/c1-5-12(3)15(17)10-13(4)16-20-21(18,19)14-8-6-11(2)7-9-14/h6-9,15,17H,3,5,10H2,1-2,4H3. The minimum absolute atomic E-state index is 0.0446. The highest BCUT2D eigenvalue weighted by Gasteiger charge is 2.16. The number of rotatable bonds is 7. The minimum Gasteiger partial charge on any atom is -0.388 e. The number of benzene rings is 1. The van der Waals surface area contributed by atoms with E-state index in [4.69, 9.17) is 0 Å². The van der Waals surface area contributed by atoms with Crippen LogP contribution in [0.15, 0.2) is 46.5 Å². The molecular formula is C15H21NO4S. The molecule has 0 fully saturated rings. The Morgan fingerprint density at radius 3 is 2.48 bits per heavy atom. The Morgan fingerprint density at radius 1 is 1.38 bits per heavy atom. The monoisotopic (exact) mass is 311 g/mol. The molecule has 1 N–H and O–H groups in total. The third-order valence-electron chi connectivity index (χ3n) is 3.02. The molecule has 0 aliphatic rings. The number of aliphatic hydroxyl groups excluding tert-OH is 1. The van der Waals surface area contributed by atoms with E-state index in [2.05, 4.69) is 16.0 Å². The van der Waals surface area contributed by atoms with E-state index in [0.29, 0.717) is 17.7 Å². The first-order valence-electron chi connectivity index (χ1n) is 6.65. The number of oxime groups is 1. The second-order valence-corrected chi connectivity index (χ2v) is 6.43. The quantitative estimate of drug-likeness (QED) is 0.477. The maximum Gasteiger partial charge on any atom is 0.358 e. The van der Waals surface area contributed by atoms with Crippen LogP contribution < -0.4 is 0 Å². The fourth-order valence-corrected chi connectivity index (χ4v) is 2.34. The van der Waals surface area contributed by atoms with E-state index >= 15 is 0 Å². The van der Waals surface area contributed by atoms with E-state index in [9.17, 15) is 13.5 Å². The summed E-state index contributed by atoms with van der Waals surface area (Å²) in [5.41, 5.74) is 2.01. The summed E-state index contributed by atoms with van der Waals surface area (Å²) in [5, 5.41) is 13.4. The molecule has 0 radical (unpaired) electrons. The third kappa shape index (κ3) is 5.32. The fraction of sp³-hybridized carbons (Fsp3) is 0.400. The lowest BCUT2D eigenvalue weighted by Crippen LogP contribution is -2.14. The van der Waals surface area contributed by atoms with Crippen LogP contribution >= 0.6 is 0 Å². The SMILES string of the molecule is C=C(CC)C(O)CC(C)=NOS(=O)(=O)c1ccc(C)cc1. The molecule has 0 spiro atoms. The zero-order chi connectivity index (χ0) is 16.0. The van der Waals surface area contributed by atoms with Gasteiger partial charge in [-0.05, 0) is 38.0 Å². The van der Waals surface area contributed by atoms with Gasteiger partial charge in [-0.3, -0.25) is 4.28 Å². The van der Waals surface area contributed by atoms with Crippen molar-refractivity contribution in [1.29, 1.82) is 0 Å². The van der Waals surface area contributed by atoms with Gasteiger partial charge in [0.05, 0.1) is 11.8 Å². The predicted octanol–water partition coefficient (Wildman–Crippen LogP) is 2.79. The van der Waals surface area contributed by atoms with Crippen LogP contribution in [0.5, 0.6) is 0 Å². The Balaban J connectivity index is 2.74. The second-order valence-electron chi connectivity index (χ2n) is 4.90. The molecule has 0 aliphatic heterocycles. The largest absolute Gasteiger partial charge is 0.388 e. The van der Waals surface area contributed by atoms with Crippen molar-refractivity contribution in [3.05, 3.63) is 42.0 Å². The van der Waals surface area contributed by atoms with Gasteiger partial charge in [0.2, 0.25) is 0 Å². The molecule has 6 heteroatoms. The fourth-order valence-electron chi connectivity index (χ4n) is 1.56. The molecule has 1 aromatic rings. The molecular weight excluding hydrogens is 290 g/mol. The number of nitrogens with zero attached hydrogens (tertiary/aromatic N) is 1. The molecule has 0 saturated heterocycles. The van der Waals surface area contributed by atoms with Crippen molar-refractivity contribution < 1.29 is 17.8 Å². The molecule has 0 aliphatic carbocycles. The zero-order valence-electron chi connectivity index (χ0n) is 12.5. The van der Waals surface area contributed by atoms with Crippen molar-refractivity contribution in [2.24, 2.45) is 5.16 Å². The van der Waals surface area contributed by atoms with E-state index in [0.717, 1.165) is 5.56 Å². The average molecular weight is 311 g/mol. The first-order chi connectivity index (χ1) is 9.76. The Labute approximate surface area is 126 Å². The summed E-state index contributed by atoms with van der Waals surface area (Å²) < 4.78 is 28.5. The molecule has 0 saturated carbocycles. The zero-order valence-corrected chi connectivity index (χ0v) is 13.4. The number of aryl methyl sites for hydroxylation is 1. The van der Waals surface area contributed by atoms with Crippen LogP contribution in [0, 0.1) is 6.92 Å². The van der Waals surface area contributed by atoms with Gasteiger partial charge < -0.3 is 5.11 Å². The number of hydrogen-bond donors (Lipinski definition) is 1. The van der Waals surface area contributed by atoms with Crippen molar-refractivity contribution in [3.63, 3.8) is 0 Å². The Hall–Kier alpha value is -1.66. The van der Waals surface area contributed by atoms with Crippen LogP contribution in [0.25, 0.3) is 0 Å². The lowest BCUT2D eigenvalue weighted by atomic mass is 10.0. The molecule has 1 rings (SSSR count). The summed E-state index contributed by atoms with van der Waals surface area (Å²) in [4.78, 5) is 0.0446. The van der Waals surface area contributed by atoms with Crippen molar-refractivity contribution >= 4 is 15.8 Å². The molecule has 0 amide bonds. The van der Waals surface area contributed by atoms with Gasteiger partial charge in [-0.25, -0.2) is 0 Å². The molecule has 1 unspecified atom stereocenters. The second kappa shape index (κ2) is 7.38. The molecule has 21 heavy (non-hydrogen) atoms. The minimum atomic E-state index is -3.93. The van der Waals surface area contributed by atoms with Gasteiger partial charge >= 0.3 is 10.1 Å². The topological polar surface area (TPSA) is 76.0 Å². The Morgan fingerprint density at radius 2 is 1.95 bits per heavy atom. The van der Waals surface area contributed by atoms with E-state index in [1.165, 1.54) is 12.1 Å². The van der Waals surface area contributed by atoms with E-state index in [1.54, 1.807) is 19.1 Å². The lowest BCUT2D eigenvalue weighted by molar-refractivity contribution is 0.214. The lowest BCUT2D eigenvalue weighted by Gasteiger charge is -2.11. The average Bonchev–Trinajstić information content (AvgIpc) is 2.44. The first-order valence-corrected chi connectivity index (χ1v) is 8.06. The first kappa shape index (κ1) is 17.4.